The van der Waals surface area contributed by atoms with Crippen LogP contribution in [0.3, 0.4) is 0 Å². The van der Waals surface area contributed by atoms with Crippen LogP contribution in [0.15, 0.2) is 36.7 Å². The quantitative estimate of drug-likeness (QED) is 0.800. The number of para-hydroxylation sites is 1. The van der Waals surface area contributed by atoms with Crippen LogP contribution in [0.4, 0.5) is 13.2 Å². The lowest BCUT2D eigenvalue weighted by molar-refractivity contribution is -0.138. The Bertz CT molecular complexity index is 558. The SMILES string of the molecule is FC(F)(F)c1ccccc1Oc1ncc(CCl)cn1. The van der Waals surface area contributed by atoms with Crippen molar-refractivity contribution >= 4 is 11.6 Å². The van der Waals surface area contributed by atoms with E-state index < -0.39 is 11.7 Å². The molecule has 0 saturated carbocycles. The molecular weight excluding hydrogens is 281 g/mol. The Morgan fingerprint density at radius 2 is 1.74 bits per heavy atom. The molecule has 1 aromatic heterocycles. The Kier molecular flexibility index (Phi) is 3.90. The fraction of sp³-hybridized carbons (Fsp3) is 0.167. The van der Waals surface area contributed by atoms with Gasteiger partial charge in [0, 0.05) is 18.0 Å². The van der Waals surface area contributed by atoms with Crippen LogP contribution in [0.5, 0.6) is 11.8 Å². The highest BCUT2D eigenvalue weighted by atomic mass is 35.5. The standard InChI is InChI=1S/C12H8ClF3N2O/c13-5-8-6-17-11(18-7-8)19-10-4-2-1-3-9(10)12(14,15)16/h1-4,6-7H,5H2. The number of hydrogen-bond acceptors (Lipinski definition) is 3. The second-order valence-corrected chi connectivity index (χ2v) is 3.87. The van der Waals surface area contributed by atoms with Crippen LogP contribution in [-0.2, 0) is 12.1 Å². The third-order valence-corrected chi connectivity index (χ3v) is 2.54. The summed E-state index contributed by atoms with van der Waals surface area (Å²) >= 11 is 5.55. The maximum Gasteiger partial charge on any atom is 0.419 e. The van der Waals surface area contributed by atoms with E-state index in [9.17, 15) is 13.2 Å². The Morgan fingerprint density at radius 1 is 1.11 bits per heavy atom. The minimum absolute atomic E-state index is 0.162. The van der Waals surface area contributed by atoms with Crippen LogP contribution >= 0.6 is 11.6 Å². The number of aromatic nitrogens is 2. The zero-order chi connectivity index (χ0) is 13.9. The largest absolute Gasteiger partial charge is 0.424 e. The van der Waals surface area contributed by atoms with Crippen LogP contribution in [-0.4, -0.2) is 9.97 Å². The van der Waals surface area contributed by atoms with Gasteiger partial charge >= 0.3 is 12.2 Å². The molecule has 0 N–H and O–H groups in total. The Balaban J connectivity index is 2.28. The molecule has 0 unspecified atom stereocenters. The summed E-state index contributed by atoms with van der Waals surface area (Å²) in [5.74, 6) is -0.118. The van der Waals surface area contributed by atoms with Crippen molar-refractivity contribution in [1.82, 2.24) is 9.97 Å². The van der Waals surface area contributed by atoms with Crippen LogP contribution < -0.4 is 4.74 Å². The van der Waals surface area contributed by atoms with Crippen molar-refractivity contribution in [3.63, 3.8) is 0 Å². The first-order chi connectivity index (χ1) is 9.00. The molecular formula is C12H8ClF3N2O. The van der Waals surface area contributed by atoms with E-state index in [4.69, 9.17) is 16.3 Å². The molecule has 100 valence electrons. The average Bonchev–Trinajstić information content (AvgIpc) is 2.39. The number of hydrogen-bond donors (Lipinski definition) is 0. The molecule has 0 aliphatic heterocycles. The van der Waals surface area contributed by atoms with Gasteiger partial charge in [0.15, 0.2) is 0 Å². The van der Waals surface area contributed by atoms with Gasteiger partial charge in [-0.15, -0.1) is 11.6 Å². The zero-order valence-corrected chi connectivity index (χ0v) is 10.2. The van der Waals surface area contributed by atoms with E-state index in [0.717, 1.165) is 6.07 Å². The van der Waals surface area contributed by atoms with Gasteiger partial charge in [-0.05, 0) is 12.1 Å². The molecule has 0 atom stereocenters. The van der Waals surface area contributed by atoms with E-state index in [2.05, 4.69) is 9.97 Å². The topological polar surface area (TPSA) is 35.0 Å². The smallest absolute Gasteiger partial charge is 0.419 e. The predicted molar refractivity (Wildman–Crippen MR) is 63.1 cm³/mol. The van der Waals surface area contributed by atoms with Crippen LogP contribution in [0.1, 0.15) is 11.1 Å². The number of ether oxygens (including phenoxy) is 1. The first kappa shape index (κ1) is 13.6. The summed E-state index contributed by atoms with van der Waals surface area (Å²) in [7, 11) is 0. The molecule has 0 fully saturated rings. The summed E-state index contributed by atoms with van der Waals surface area (Å²) < 4.78 is 43.2. The molecule has 0 saturated heterocycles. The summed E-state index contributed by atoms with van der Waals surface area (Å²) in [6.07, 6.45) is -1.70. The van der Waals surface area contributed by atoms with Crippen LogP contribution in [0.25, 0.3) is 0 Å². The second kappa shape index (κ2) is 5.44. The number of rotatable bonds is 3. The molecule has 2 aromatic rings. The molecule has 0 radical (unpaired) electrons. The molecule has 0 aliphatic rings. The van der Waals surface area contributed by atoms with Crippen molar-refractivity contribution in [3.8, 4) is 11.8 Å². The number of benzene rings is 1. The molecule has 3 nitrogen and oxygen atoms in total. The lowest BCUT2D eigenvalue weighted by Gasteiger charge is -2.12. The number of nitrogens with zero attached hydrogens (tertiary/aromatic N) is 2. The molecule has 1 aromatic carbocycles. The molecule has 0 amide bonds. The first-order valence-electron chi connectivity index (χ1n) is 5.21. The van der Waals surface area contributed by atoms with E-state index in [0.29, 0.717) is 5.56 Å². The summed E-state index contributed by atoms with van der Waals surface area (Å²) in [6, 6.07) is 4.71. The van der Waals surface area contributed by atoms with Crippen molar-refractivity contribution in [2.45, 2.75) is 12.1 Å². The highest BCUT2D eigenvalue weighted by molar-refractivity contribution is 6.17. The average molecular weight is 289 g/mol. The summed E-state index contributed by atoms with van der Waals surface area (Å²) in [5, 5.41) is 0. The van der Waals surface area contributed by atoms with Gasteiger partial charge in [0.1, 0.15) is 5.75 Å². The van der Waals surface area contributed by atoms with E-state index in [1.54, 1.807) is 0 Å². The zero-order valence-electron chi connectivity index (χ0n) is 9.49. The van der Waals surface area contributed by atoms with Gasteiger partial charge in [-0.2, -0.15) is 13.2 Å². The molecule has 0 aliphatic carbocycles. The highest BCUT2D eigenvalue weighted by Gasteiger charge is 2.34. The van der Waals surface area contributed by atoms with Crippen LogP contribution in [0, 0.1) is 0 Å². The summed E-state index contributed by atoms with van der Waals surface area (Å²) in [6.45, 7) is 0. The highest BCUT2D eigenvalue weighted by Crippen LogP contribution is 2.37. The Morgan fingerprint density at radius 3 is 2.32 bits per heavy atom. The Labute approximate surface area is 112 Å². The third kappa shape index (κ3) is 3.35. The lowest BCUT2D eigenvalue weighted by atomic mass is 10.2. The lowest BCUT2D eigenvalue weighted by Crippen LogP contribution is -2.07. The minimum Gasteiger partial charge on any atom is -0.424 e. The van der Waals surface area contributed by atoms with Gasteiger partial charge in [0.05, 0.1) is 11.4 Å². The fourth-order valence-electron chi connectivity index (χ4n) is 1.35. The van der Waals surface area contributed by atoms with Crippen molar-refractivity contribution < 1.29 is 17.9 Å². The summed E-state index contributed by atoms with van der Waals surface area (Å²) in [5.41, 5.74) is -0.224. The molecule has 1 heterocycles. The van der Waals surface area contributed by atoms with Crippen molar-refractivity contribution in [1.29, 1.82) is 0 Å². The van der Waals surface area contributed by atoms with Crippen molar-refractivity contribution in [3.05, 3.63) is 47.8 Å². The molecule has 2 rings (SSSR count). The van der Waals surface area contributed by atoms with E-state index in [1.165, 1.54) is 30.6 Å². The van der Waals surface area contributed by atoms with Gasteiger partial charge in [-0.25, -0.2) is 9.97 Å². The molecule has 19 heavy (non-hydrogen) atoms. The normalized spacial score (nSPS) is 11.4. The van der Waals surface area contributed by atoms with E-state index in [-0.39, 0.29) is 17.6 Å². The monoisotopic (exact) mass is 288 g/mol. The van der Waals surface area contributed by atoms with Gasteiger partial charge in [0.2, 0.25) is 0 Å². The molecule has 0 spiro atoms. The van der Waals surface area contributed by atoms with Crippen molar-refractivity contribution in [2.75, 3.05) is 0 Å². The van der Waals surface area contributed by atoms with Crippen molar-refractivity contribution in [2.24, 2.45) is 0 Å². The van der Waals surface area contributed by atoms with E-state index in [1.807, 2.05) is 0 Å². The second-order valence-electron chi connectivity index (χ2n) is 3.60. The summed E-state index contributed by atoms with van der Waals surface area (Å²) in [4.78, 5) is 7.57. The number of halogens is 4. The maximum atomic E-state index is 12.7. The maximum absolute atomic E-state index is 12.7. The predicted octanol–water partition coefficient (Wildman–Crippen LogP) is 4.03. The van der Waals surface area contributed by atoms with E-state index >= 15 is 0 Å². The molecule has 7 heteroatoms. The first-order valence-corrected chi connectivity index (χ1v) is 5.75. The van der Waals surface area contributed by atoms with Crippen LogP contribution in [0.2, 0.25) is 0 Å². The van der Waals surface area contributed by atoms with Gasteiger partial charge < -0.3 is 4.74 Å². The Hall–Kier alpha value is -1.82. The molecule has 0 bridgehead atoms. The fourth-order valence-corrected chi connectivity index (χ4v) is 1.49. The van der Waals surface area contributed by atoms with Gasteiger partial charge in [-0.1, -0.05) is 12.1 Å². The number of alkyl halides is 4. The minimum atomic E-state index is -4.49. The third-order valence-electron chi connectivity index (χ3n) is 2.23. The van der Waals surface area contributed by atoms with Gasteiger partial charge in [0.25, 0.3) is 0 Å². The van der Waals surface area contributed by atoms with Gasteiger partial charge in [-0.3, -0.25) is 0 Å².